The zero-order valence-electron chi connectivity index (χ0n) is 4.07. The molecule has 0 spiro atoms. The summed E-state index contributed by atoms with van der Waals surface area (Å²) >= 11 is 4.59. The molecule has 0 bridgehead atoms. The Morgan fingerprint density at radius 2 is 1.62 bits per heavy atom. The van der Waals surface area contributed by atoms with Gasteiger partial charge in [-0.3, -0.25) is 0 Å². The summed E-state index contributed by atoms with van der Waals surface area (Å²) in [6.07, 6.45) is 0. The van der Waals surface area contributed by atoms with Gasteiger partial charge < -0.3 is 0 Å². The van der Waals surface area contributed by atoms with E-state index in [1.54, 1.807) is 0 Å². The molecule has 0 heterocycles. The number of hydrogen-bond donors (Lipinski definition) is 0. The van der Waals surface area contributed by atoms with Gasteiger partial charge >= 0.3 is 0 Å². The third kappa shape index (κ3) is 1.89. The minimum absolute atomic E-state index is 1.29. The average molecular weight is 334 g/mol. The summed E-state index contributed by atoms with van der Waals surface area (Å²) in [5.41, 5.74) is 0. The lowest BCUT2D eigenvalue weighted by Gasteiger charge is -1.87. The molecular weight excluding hydrogens is 330 g/mol. The summed E-state index contributed by atoms with van der Waals surface area (Å²) in [4.78, 5) is 0. The first-order valence-electron chi connectivity index (χ1n) is 2.20. The van der Waals surface area contributed by atoms with Gasteiger partial charge in [-0.05, 0) is 69.4 Å². The topological polar surface area (TPSA) is 0 Å². The maximum absolute atomic E-state index is 2.29. The zero-order chi connectivity index (χ0) is 5.98. The van der Waals surface area contributed by atoms with E-state index in [0.29, 0.717) is 0 Å². The number of hydrogen-bond acceptors (Lipinski definition) is 0. The summed E-state index contributed by atoms with van der Waals surface area (Å²) < 4.78 is 2.59. The van der Waals surface area contributed by atoms with Crippen molar-refractivity contribution in [3.63, 3.8) is 0 Å². The quantitative estimate of drug-likeness (QED) is 0.640. The Bertz CT molecular complexity index is 145. The van der Waals surface area contributed by atoms with Gasteiger partial charge in [0.1, 0.15) is 0 Å². The van der Waals surface area contributed by atoms with Crippen LogP contribution in [-0.4, -0.2) is 0 Å². The molecular formula is C6H4I2. The molecule has 0 radical (unpaired) electrons. The smallest absolute Gasteiger partial charge is 0.0131 e. The van der Waals surface area contributed by atoms with Crippen LogP contribution in [0.3, 0.4) is 0 Å². The molecule has 0 unspecified atom stereocenters. The van der Waals surface area contributed by atoms with Crippen molar-refractivity contribution in [3.05, 3.63) is 31.4 Å². The highest BCUT2D eigenvalue weighted by Gasteiger charge is 1.82. The second-order valence-electron chi connectivity index (χ2n) is 1.44. The van der Waals surface area contributed by atoms with Gasteiger partial charge in [0.2, 0.25) is 0 Å². The van der Waals surface area contributed by atoms with Crippen LogP contribution in [0.4, 0.5) is 0 Å². The minimum Gasteiger partial charge on any atom is -0.0478 e. The van der Waals surface area contributed by atoms with Crippen LogP contribution in [0.2, 0.25) is 0 Å². The largest absolute Gasteiger partial charge is 0.0478 e. The van der Waals surface area contributed by atoms with E-state index in [1.807, 2.05) is 0 Å². The van der Waals surface area contributed by atoms with Crippen LogP contribution in [-0.2, 0) is 0 Å². The molecule has 0 N–H and O–H groups in total. The molecule has 1 rings (SSSR count). The Balaban J connectivity index is 3.03. The van der Waals surface area contributed by atoms with Crippen molar-refractivity contribution in [2.24, 2.45) is 0 Å². The lowest BCUT2D eigenvalue weighted by Crippen LogP contribution is -1.68. The lowest BCUT2D eigenvalue weighted by molar-refractivity contribution is 1.60. The zero-order valence-corrected chi connectivity index (χ0v) is 8.38. The molecule has 2 heteroatoms. The van der Waals surface area contributed by atoms with Crippen molar-refractivity contribution < 1.29 is 0 Å². The van der Waals surface area contributed by atoms with Crippen molar-refractivity contribution in [2.45, 2.75) is 0 Å². The van der Waals surface area contributed by atoms with E-state index in [4.69, 9.17) is 0 Å². The monoisotopic (exact) mass is 334 g/mol. The minimum atomic E-state index is 1.29. The van der Waals surface area contributed by atoms with Crippen LogP contribution in [0, 0.1) is 7.14 Å². The van der Waals surface area contributed by atoms with Crippen molar-refractivity contribution >= 4 is 45.2 Å². The molecule has 0 amide bonds. The predicted molar refractivity (Wildman–Crippen MR) is 51.9 cm³/mol. The van der Waals surface area contributed by atoms with E-state index in [-0.39, 0.29) is 0 Å². The van der Waals surface area contributed by atoms with E-state index in [9.17, 15) is 0 Å². The van der Waals surface area contributed by atoms with Gasteiger partial charge in [0, 0.05) is 7.14 Å². The summed E-state index contributed by atoms with van der Waals surface area (Å²) in [6, 6.07) is 8.40. The fourth-order valence-electron chi connectivity index (χ4n) is 0.430. The summed E-state index contributed by atoms with van der Waals surface area (Å²) in [6.45, 7) is 0. The van der Waals surface area contributed by atoms with Crippen molar-refractivity contribution in [2.75, 3.05) is 0 Å². The van der Waals surface area contributed by atoms with Crippen LogP contribution in [0.25, 0.3) is 0 Å². The van der Waals surface area contributed by atoms with Crippen molar-refractivity contribution in [1.82, 2.24) is 0 Å². The number of halogens is 2. The molecule has 0 saturated carbocycles. The number of rotatable bonds is 0. The second kappa shape index (κ2) is 3.00. The van der Waals surface area contributed by atoms with Gasteiger partial charge in [-0.1, -0.05) is 0 Å². The highest BCUT2D eigenvalue weighted by atomic mass is 131. The Hall–Kier alpha value is 0.680. The van der Waals surface area contributed by atoms with E-state index < -0.39 is 0 Å². The first-order valence-corrected chi connectivity index (χ1v) is 4.36. The van der Waals surface area contributed by atoms with Gasteiger partial charge in [0.05, 0.1) is 0 Å². The van der Waals surface area contributed by atoms with Crippen molar-refractivity contribution in [3.8, 4) is 0 Å². The molecule has 1 aromatic rings. The van der Waals surface area contributed by atoms with Gasteiger partial charge in [-0.2, -0.15) is 0 Å². The van der Waals surface area contributed by atoms with Crippen LogP contribution in [0.1, 0.15) is 0 Å². The third-order valence-corrected chi connectivity index (χ3v) is 2.24. The van der Waals surface area contributed by atoms with E-state index >= 15 is 0 Å². The van der Waals surface area contributed by atoms with Crippen LogP contribution in [0.15, 0.2) is 24.3 Å². The highest BCUT2D eigenvalue weighted by Crippen LogP contribution is 2.07. The van der Waals surface area contributed by atoms with E-state index in [1.165, 1.54) is 7.14 Å². The van der Waals surface area contributed by atoms with E-state index in [0.717, 1.165) is 0 Å². The molecule has 0 atom stereocenters. The van der Waals surface area contributed by atoms with Crippen LogP contribution >= 0.6 is 45.2 Å². The fourth-order valence-corrected chi connectivity index (χ4v) is 1.15. The first kappa shape index (κ1) is 6.80. The maximum atomic E-state index is 2.29. The molecule has 8 heavy (non-hydrogen) atoms. The molecule has 0 saturated heterocycles. The SMILES string of the molecule is Ic1ccc([131I])cc1. The Labute approximate surface area is 76.0 Å². The Kier molecular flexibility index (Phi) is 2.55. The van der Waals surface area contributed by atoms with E-state index in [2.05, 4.69) is 69.4 Å². The Morgan fingerprint density at radius 1 is 1.12 bits per heavy atom. The third-order valence-electron chi connectivity index (χ3n) is 0.804. The van der Waals surface area contributed by atoms with Crippen LogP contribution in [0.5, 0.6) is 0 Å². The van der Waals surface area contributed by atoms with Gasteiger partial charge in [-0.25, -0.2) is 0 Å². The maximum Gasteiger partial charge on any atom is 0.0131 e. The first-order chi connectivity index (χ1) is 3.79. The van der Waals surface area contributed by atoms with Gasteiger partial charge in [-0.15, -0.1) is 0 Å². The normalized spacial score (nSPS) is 9.25. The summed E-state index contributed by atoms with van der Waals surface area (Å²) in [7, 11) is 0. The van der Waals surface area contributed by atoms with Crippen molar-refractivity contribution in [1.29, 1.82) is 0 Å². The van der Waals surface area contributed by atoms with Crippen LogP contribution < -0.4 is 0 Å². The second-order valence-corrected chi connectivity index (χ2v) is 3.93. The molecule has 0 aromatic heterocycles. The molecule has 0 aliphatic heterocycles. The molecule has 1 aromatic carbocycles. The summed E-state index contributed by atoms with van der Waals surface area (Å²) in [5, 5.41) is 0. The van der Waals surface area contributed by atoms with Gasteiger partial charge in [0.15, 0.2) is 0 Å². The molecule has 0 nitrogen and oxygen atoms in total. The Morgan fingerprint density at radius 3 is 2.00 bits per heavy atom. The lowest BCUT2D eigenvalue weighted by atomic mass is 10.4. The molecule has 0 aliphatic rings. The molecule has 0 aliphatic carbocycles. The number of benzene rings is 1. The highest BCUT2D eigenvalue weighted by molar-refractivity contribution is 14.1. The predicted octanol–water partition coefficient (Wildman–Crippen LogP) is 2.90. The summed E-state index contributed by atoms with van der Waals surface area (Å²) in [5.74, 6) is 0. The molecule has 0 fully saturated rings. The van der Waals surface area contributed by atoms with Gasteiger partial charge in [0.25, 0.3) is 0 Å². The fraction of sp³-hybridized carbons (Fsp3) is 0. The average Bonchev–Trinajstić information content (AvgIpc) is 1.77. The molecule has 42 valence electrons. The standard InChI is InChI=1S/C6H4I2/c7-5-1-2-6(8)4-3-5/h1-4H/i7+4.